The van der Waals surface area contributed by atoms with Crippen molar-refractivity contribution in [1.29, 1.82) is 0 Å². The second kappa shape index (κ2) is 7.17. The third-order valence-electron chi connectivity index (χ3n) is 6.74. The Morgan fingerprint density at radius 1 is 0.758 bits per heavy atom. The molecule has 0 fully saturated rings. The molecule has 0 bridgehead atoms. The molecule has 33 heavy (non-hydrogen) atoms. The van der Waals surface area contributed by atoms with Crippen molar-refractivity contribution in [2.45, 2.75) is 19.4 Å². The Morgan fingerprint density at radius 3 is 2.52 bits per heavy atom. The minimum absolute atomic E-state index is 0.811. The fraction of sp³-hybridized carbons (Fsp3) is 0.103. The van der Waals surface area contributed by atoms with E-state index in [1.807, 2.05) is 24.5 Å². The van der Waals surface area contributed by atoms with Gasteiger partial charge in [0.2, 0.25) is 0 Å². The second-order valence-electron chi connectivity index (χ2n) is 8.66. The van der Waals surface area contributed by atoms with E-state index in [1.54, 1.807) is 0 Å². The van der Waals surface area contributed by atoms with E-state index in [2.05, 4.69) is 86.9 Å². The van der Waals surface area contributed by atoms with Crippen LogP contribution < -0.4 is 0 Å². The summed E-state index contributed by atoms with van der Waals surface area (Å²) in [5.74, 6) is 0. The minimum atomic E-state index is 0.811. The Hall–Kier alpha value is -4.18. The van der Waals surface area contributed by atoms with Crippen molar-refractivity contribution in [2.24, 2.45) is 0 Å². The van der Waals surface area contributed by atoms with Gasteiger partial charge in [-0.25, -0.2) is 0 Å². The number of hydrogen-bond acceptors (Lipinski definition) is 2. The Labute approximate surface area is 191 Å². The monoisotopic (exact) mass is 426 g/mol. The summed E-state index contributed by atoms with van der Waals surface area (Å²) in [5.41, 5.74) is 10.8. The Morgan fingerprint density at radius 2 is 1.58 bits per heavy atom. The van der Waals surface area contributed by atoms with Crippen LogP contribution in [-0.4, -0.2) is 19.1 Å². The van der Waals surface area contributed by atoms with Crippen molar-refractivity contribution in [1.82, 2.24) is 19.1 Å². The molecule has 0 amide bonds. The van der Waals surface area contributed by atoms with Crippen LogP contribution in [0.2, 0.25) is 0 Å². The lowest BCUT2D eigenvalue weighted by Crippen LogP contribution is -2.05. The summed E-state index contributed by atoms with van der Waals surface area (Å²) in [6.45, 7) is 0.811. The van der Waals surface area contributed by atoms with Crippen LogP contribution >= 0.6 is 0 Å². The van der Waals surface area contributed by atoms with Crippen molar-refractivity contribution in [3.05, 3.63) is 108 Å². The van der Waals surface area contributed by atoms with Crippen LogP contribution in [0.5, 0.6) is 0 Å². The Bertz CT molecular complexity index is 1650. The zero-order valence-corrected chi connectivity index (χ0v) is 18.1. The van der Waals surface area contributed by atoms with Crippen LogP contribution in [0.3, 0.4) is 0 Å². The minimum Gasteiger partial charge on any atom is -0.335 e. The first-order valence-electron chi connectivity index (χ1n) is 11.4. The number of nitrogens with zero attached hydrogens (tertiary/aromatic N) is 4. The van der Waals surface area contributed by atoms with Gasteiger partial charge in [-0.2, -0.15) is 0 Å². The number of aryl methyl sites for hydroxylation is 1. The number of rotatable bonds is 3. The number of para-hydroxylation sites is 1. The van der Waals surface area contributed by atoms with E-state index >= 15 is 0 Å². The molecule has 0 saturated carbocycles. The van der Waals surface area contributed by atoms with Crippen LogP contribution in [0.4, 0.5) is 0 Å². The molecule has 158 valence electrons. The molecule has 0 unspecified atom stereocenters. The van der Waals surface area contributed by atoms with Crippen LogP contribution in [-0.2, 0) is 13.0 Å². The van der Waals surface area contributed by atoms with Gasteiger partial charge in [0.1, 0.15) is 0 Å². The Kier molecular flexibility index (Phi) is 4.00. The van der Waals surface area contributed by atoms with Gasteiger partial charge in [-0.1, -0.05) is 36.4 Å². The average molecular weight is 427 g/mol. The highest BCUT2D eigenvalue weighted by molar-refractivity contribution is 6.06. The molecular formula is C29H22N4. The van der Waals surface area contributed by atoms with Crippen molar-refractivity contribution in [3.63, 3.8) is 0 Å². The lowest BCUT2D eigenvalue weighted by molar-refractivity contribution is 0.811. The molecule has 0 saturated heterocycles. The van der Waals surface area contributed by atoms with Crippen LogP contribution in [0, 0.1) is 0 Å². The van der Waals surface area contributed by atoms with Crippen molar-refractivity contribution in [2.75, 3.05) is 0 Å². The van der Waals surface area contributed by atoms with E-state index < -0.39 is 0 Å². The van der Waals surface area contributed by atoms with Crippen LogP contribution in [0.15, 0.2) is 91.3 Å². The maximum absolute atomic E-state index is 4.72. The van der Waals surface area contributed by atoms with E-state index in [-0.39, 0.29) is 0 Å². The van der Waals surface area contributed by atoms with Crippen molar-refractivity contribution < 1.29 is 0 Å². The summed E-state index contributed by atoms with van der Waals surface area (Å²) >= 11 is 0. The highest BCUT2D eigenvalue weighted by atomic mass is 15.0. The molecule has 7 rings (SSSR count). The third kappa shape index (κ3) is 2.77. The molecular weight excluding hydrogens is 404 g/mol. The molecule has 1 aliphatic carbocycles. The first-order valence-corrected chi connectivity index (χ1v) is 11.4. The molecule has 6 aromatic rings. The number of aromatic nitrogens is 4. The van der Waals surface area contributed by atoms with E-state index in [0.29, 0.717) is 0 Å². The molecule has 1 aliphatic rings. The van der Waals surface area contributed by atoms with Crippen molar-refractivity contribution in [3.8, 4) is 5.69 Å². The summed E-state index contributed by atoms with van der Waals surface area (Å²) in [6, 6.07) is 25.8. The SMILES string of the molecule is C1=Cc2c(c3ncccc3n2Cc2cccc(-n3c4ccccc4c4ncccc43)c2)CC1. The molecule has 0 N–H and O–H groups in total. The third-order valence-corrected chi connectivity index (χ3v) is 6.74. The smallest absolute Gasteiger partial charge is 0.0963 e. The fourth-order valence-electron chi connectivity index (χ4n) is 5.33. The summed E-state index contributed by atoms with van der Waals surface area (Å²) < 4.78 is 4.74. The lowest BCUT2D eigenvalue weighted by atomic mass is 10.0. The zero-order valence-electron chi connectivity index (χ0n) is 18.1. The number of fused-ring (bicyclic) bond motifs is 6. The zero-order chi connectivity index (χ0) is 21.8. The van der Waals surface area contributed by atoms with Gasteiger partial charge in [0.15, 0.2) is 0 Å². The predicted molar refractivity (Wildman–Crippen MR) is 135 cm³/mol. The molecule has 0 aliphatic heterocycles. The molecule has 4 heteroatoms. The molecule has 4 heterocycles. The lowest BCUT2D eigenvalue weighted by Gasteiger charge is -2.14. The maximum Gasteiger partial charge on any atom is 0.0963 e. The molecule has 0 radical (unpaired) electrons. The fourth-order valence-corrected chi connectivity index (χ4v) is 5.33. The van der Waals surface area contributed by atoms with Gasteiger partial charge >= 0.3 is 0 Å². The Balaban J connectivity index is 1.40. The predicted octanol–water partition coefficient (Wildman–Crippen LogP) is 6.54. The second-order valence-corrected chi connectivity index (χ2v) is 8.66. The van der Waals surface area contributed by atoms with E-state index in [1.165, 1.54) is 33.2 Å². The van der Waals surface area contributed by atoms with Gasteiger partial charge in [0.05, 0.1) is 27.6 Å². The van der Waals surface area contributed by atoms with Crippen LogP contribution in [0.1, 0.15) is 23.2 Å². The van der Waals surface area contributed by atoms with Gasteiger partial charge in [-0.05, 0) is 66.9 Å². The van der Waals surface area contributed by atoms with Gasteiger partial charge < -0.3 is 9.13 Å². The summed E-state index contributed by atoms with van der Waals surface area (Å²) in [5, 5.41) is 1.18. The highest BCUT2D eigenvalue weighted by Gasteiger charge is 2.18. The van der Waals surface area contributed by atoms with Gasteiger partial charge in [0.25, 0.3) is 0 Å². The molecule has 4 aromatic heterocycles. The standard InChI is InChI=1S/C29H22N4/c1-3-12-24-22(10-1)28-26(14-6-16-30-28)32(24)19-20-8-5-9-21(18-20)33-25-13-4-2-11-23(25)29-27(33)15-7-17-31-29/h2-9,11-18H,1,10,19H2. The highest BCUT2D eigenvalue weighted by Crippen LogP contribution is 2.32. The number of pyridine rings is 2. The van der Waals surface area contributed by atoms with E-state index in [9.17, 15) is 0 Å². The van der Waals surface area contributed by atoms with Crippen LogP contribution in [0.25, 0.3) is 44.7 Å². The quantitative estimate of drug-likeness (QED) is 0.322. The number of hydrogen-bond donors (Lipinski definition) is 0. The average Bonchev–Trinajstić information content (AvgIpc) is 3.38. The molecule has 0 spiro atoms. The molecule has 0 atom stereocenters. The number of benzene rings is 2. The largest absolute Gasteiger partial charge is 0.335 e. The first-order chi connectivity index (χ1) is 16.4. The number of allylic oxidation sites excluding steroid dienone is 1. The van der Waals surface area contributed by atoms with Gasteiger partial charge in [-0.3, -0.25) is 9.97 Å². The maximum atomic E-state index is 4.72. The molecule has 2 aromatic carbocycles. The summed E-state index contributed by atoms with van der Waals surface area (Å²) in [6.07, 6.45) is 10.5. The molecule has 4 nitrogen and oxygen atoms in total. The first kappa shape index (κ1) is 18.4. The summed E-state index contributed by atoms with van der Waals surface area (Å²) in [4.78, 5) is 9.40. The van der Waals surface area contributed by atoms with Crippen molar-refractivity contribution >= 4 is 39.0 Å². The van der Waals surface area contributed by atoms with Gasteiger partial charge in [-0.15, -0.1) is 0 Å². The normalized spacial score (nSPS) is 13.2. The topological polar surface area (TPSA) is 35.6 Å². The van der Waals surface area contributed by atoms with Gasteiger partial charge in [0, 0.05) is 41.3 Å². The summed E-state index contributed by atoms with van der Waals surface area (Å²) in [7, 11) is 0. The van der Waals surface area contributed by atoms with E-state index in [4.69, 9.17) is 4.98 Å². The van der Waals surface area contributed by atoms with E-state index in [0.717, 1.165) is 41.6 Å².